The van der Waals surface area contributed by atoms with Crippen LogP contribution in [0.5, 0.6) is 5.75 Å². The number of hydrogen-bond acceptors (Lipinski definition) is 2. The molecular weight excluding hydrogens is 250 g/mol. The monoisotopic (exact) mass is 271 g/mol. The van der Waals surface area contributed by atoms with Crippen molar-refractivity contribution in [1.29, 1.82) is 0 Å². The van der Waals surface area contributed by atoms with E-state index in [0.717, 1.165) is 16.5 Å². The van der Waals surface area contributed by atoms with Gasteiger partial charge in [-0.3, -0.25) is 4.79 Å². The number of rotatable bonds is 5. The summed E-state index contributed by atoms with van der Waals surface area (Å²) >= 11 is 0. The van der Waals surface area contributed by atoms with Crippen molar-refractivity contribution in [3.8, 4) is 5.75 Å². The van der Waals surface area contributed by atoms with Crippen molar-refractivity contribution in [2.45, 2.75) is 26.9 Å². The summed E-state index contributed by atoms with van der Waals surface area (Å²) in [5.41, 5.74) is 0. The van der Waals surface area contributed by atoms with Gasteiger partial charge < -0.3 is 10.1 Å². The van der Waals surface area contributed by atoms with Crippen molar-refractivity contribution in [2.75, 3.05) is 6.54 Å². The number of hydrogen-bond donors (Lipinski definition) is 1. The summed E-state index contributed by atoms with van der Waals surface area (Å²) in [5.74, 6) is 1.10. The van der Waals surface area contributed by atoms with Crippen LogP contribution in [0.1, 0.15) is 20.8 Å². The van der Waals surface area contributed by atoms with Crippen molar-refractivity contribution in [1.82, 2.24) is 5.32 Å². The first-order valence-corrected chi connectivity index (χ1v) is 7.00. The first kappa shape index (κ1) is 14.4. The van der Waals surface area contributed by atoms with E-state index in [1.807, 2.05) is 42.5 Å². The van der Waals surface area contributed by atoms with Crippen LogP contribution >= 0.6 is 0 Å². The fraction of sp³-hybridized carbons (Fsp3) is 0.353. The largest absolute Gasteiger partial charge is 0.480 e. The van der Waals surface area contributed by atoms with Gasteiger partial charge in [0.25, 0.3) is 5.91 Å². The van der Waals surface area contributed by atoms with Crippen molar-refractivity contribution < 1.29 is 9.53 Å². The van der Waals surface area contributed by atoms with E-state index in [1.165, 1.54) is 0 Å². The second-order valence-corrected chi connectivity index (χ2v) is 5.38. The third-order valence-corrected chi connectivity index (χ3v) is 3.11. The first-order chi connectivity index (χ1) is 9.58. The predicted molar refractivity (Wildman–Crippen MR) is 81.9 cm³/mol. The highest BCUT2D eigenvalue weighted by Gasteiger charge is 2.15. The Balaban J connectivity index is 2.10. The van der Waals surface area contributed by atoms with Crippen LogP contribution in [0.4, 0.5) is 0 Å². The third kappa shape index (κ3) is 3.50. The standard InChI is InChI=1S/C17H21NO2/c1-12(2)11-18-17(19)13(3)20-16-10-6-8-14-7-4-5-9-15(14)16/h4-10,12-13H,11H2,1-3H3,(H,18,19)/t13-/m0/s1. The zero-order valence-electron chi connectivity index (χ0n) is 12.2. The van der Waals surface area contributed by atoms with Gasteiger partial charge in [-0.15, -0.1) is 0 Å². The lowest BCUT2D eigenvalue weighted by atomic mass is 10.1. The Morgan fingerprint density at radius 2 is 1.80 bits per heavy atom. The van der Waals surface area contributed by atoms with Gasteiger partial charge in [-0.05, 0) is 24.3 Å². The van der Waals surface area contributed by atoms with E-state index in [9.17, 15) is 4.79 Å². The van der Waals surface area contributed by atoms with Gasteiger partial charge in [-0.25, -0.2) is 0 Å². The van der Waals surface area contributed by atoms with Gasteiger partial charge in [-0.1, -0.05) is 50.2 Å². The fourth-order valence-corrected chi connectivity index (χ4v) is 1.99. The molecule has 2 aromatic rings. The van der Waals surface area contributed by atoms with Crippen LogP contribution in [-0.2, 0) is 4.79 Å². The Morgan fingerprint density at radius 1 is 1.10 bits per heavy atom. The average molecular weight is 271 g/mol. The van der Waals surface area contributed by atoms with Crippen LogP contribution in [0.25, 0.3) is 10.8 Å². The third-order valence-electron chi connectivity index (χ3n) is 3.11. The zero-order valence-corrected chi connectivity index (χ0v) is 12.2. The van der Waals surface area contributed by atoms with Crippen LogP contribution in [-0.4, -0.2) is 18.6 Å². The minimum Gasteiger partial charge on any atom is -0.480 e. The molecule has 0 radical (unpaired) electrons. The molecule has 0 aliphatic heterocycles. The number of ether oxygens (including phenoxy) is 1. The van der Waals surface area contributed by atoms with Gasteiger partial charge >= 0.3 is 0 Å². The highest BCUT2D eigenvalue weighted by Crippen LogP contribution is 2.25. The van der Waals surface area contributed by atoms with Gasteiger partial charge in [0.05, 0.1) is 0 Å². The fourth-order valence-electron chi connectivity index (χ4n) is 1.99. The average Bonchev–Trinajstić information content (AvgIpc) is 2.45. The van der Waals surface area contributed by atoms with E-state index in [4.69, 9.17) is 4.74 Å². The lowest BCUT2D eigenvalue weighted by molar-refractivity contribution is -0.127. The summed E-state index contributed by atoms with van der Waals surface area (Å²) in [7, 11) is 0. The molecule has 0 saturated heterocycles. The first-order valence-electron chi connectivity index (χ1n) is 7.00. The lowest BCUT2D eigenvalue weighted by Crippen LogP contribution is -2.38. The maximum absolute atomic E-state index is 12.0. The molecular formula is C17H21NO2. The Bertz CT molecular complexity index is 587. The van der Waals surface area contributed by atoms with Crippen molar-refractivity contribution in [3.05, 3.63) is 42.5 Å². The Labute approximate surface area is 119 Å². The lowest BCUT2D eigenvalue weighted by Gasteiger charge is -2.17. The van der Waals surface area contributed by atoms with E-state index in [-0.39, 0.29) is 5.91 Å². The minimum absolute atomic E-state index is 0.0772. The molecule has 1 N–H and O–H groups in total. The number of benzene rings is 2. The van der Waals surface area contributed by atoms with E-state index >= 15 is 0 Å². The van der Waals surface area contributed by atoms with Gasteiger partial charge in [0.15, 0.2) is 6.10 Å². The summed E-state index contributed by atoms with van der Waals surface area (Å²) in [5, 5.41) is 5.02. The summed E-state index contributed by atoms with van der Waals surface area (Å²) in [6.07, 6.45) is -0.500. The predicted octanol–water partition coefficient (Wildman–Crippen LogP) is 3.38. The van der Waals surface area contributed by atoms with Gasteiger partial charge in [0.2, 0.25) is 0 Å². The van der Waals surface area contributed by atoms with Gasteiger partial charge in [0.1, 0.15) is 5.75 Å². The second-order valence-electron chi connectivity index (χ2n) is 5.38. The molecule has 0 fully saturated rings. The molecule has 0 spiro atoms. The van der Waals surface area contributed by atoms with E-state index in [1.54, 1.807) is 6.92 Å². The maximum Gasteiger partial charge on any atom is 0.260 e. The van der Waals surface area contributed by atoms with Crippen LogP contribution in [0.3, 0.4) is 0 Å². The summed E-state index contributed by atoms with van der Waals surface area (Å²) in [6.45, 7) is 6.58. The molecule has 106 valence electrons. The second kappa shape index (κ2) is 6.42. The molecule has 0 saturated carbocycles. The number of nitrogens with one attached hydrogen (secondary N) is 1. The van der Waals surface area contributed by atoms with E-state index in [2.05, 4.69) is 19.2 Å². The molecule has 20 heavy (non-hydrogen) atoms. The molecule has 0 heterocycles. The van der Waals surface area contributed by atoms with Crippen LogP contribution in [0.15, 0.2) is 42.5 Å². The highest BCUT2D eigenvalue weighted by molar-refractivity contribution is 5.89. The Morgan fingerprint density at radius 3 is 2.55 bits per heavy atom. The van der Waals surface area contributed by atoms with Gasteiger partial charge in [-0.2, -0.15) is 0 Å². The van der Waals surface area contributed by atoms with Crippen LogP contribution in [0, 0.1) is 5.92 Å². The van der Waals surface area contributed by atoms with Crippen molar-refractivity contribution >= 4 is 16.7 Å². The topological polar surface area (TPSA) is 38.3 Å². The Hall–Kier alpha value is -2.03. The maximum atomic E-state index is 12.0. The molecule has 0 unspecified atom stereocenters. The molecule has 0 aromatic heterocycles. The van der Waals surface area contributed by atoms with Crippen LogP contribution in [0.2, 0.25) is 0 Å². The van der Waals surface area contributed by atoms with Crippen molar-refractivity contribution in [3.63, 3.8) is 0 Å². The molecule has 1 amide bonds. The molecule has 0 bridgehead atoms. The van der Waals surface area contributed by atoms with E-state index in [0.29, 0.717) is 12.5 Å². The number of carbonyl (C=O) groups excluding carboxylic acids is 1. The molecule has 1 atom stereocenters. The molecule has 2 rings (SSSR count). The number of fused-ring (bicyclic) bond motifs is 1. The molecule has 3 heteroatoms. The molecule has 0 aliphatic carbocycles. The number of amides is 1. The van der Waals surface area contributed by atoms with Gasteiger partial charge in [0, 0.05) is 11.9 Å². The van der Waals surface area contributed by atoms with E-state index < -0.39 is 6.10 Å². The Kier molecular flexibility index (Phi) is 4.61. The van der Waals surface area contributed by atoms with Crippen LogP contribution < -0.4 is 10.1 Å². The van der Waals surface area contributed by atoms with Crippen molar-refractivity contribution in [2.24, 2.45) is 5.92 Å². The molecule has 3 nitrogen and oxygen atoms in total. The summed E-state index contributed by atoms with van der Waals surface area (Å²) in [4.78, 5) is 12.0. The quantitative estimate of drug-likeness (QED) is 0.905. The molecule has 2 aromatic carbocycles. The number of carbonyl (C=O) groups is 1. The summed E-state index contributed by atoms with van der Waals surface area (Å²) in [6, 6.07) is 13.9. The SMILES string of the molecule is CC(C)CNC(=O)[C@H](C)Oc1cccc2ccccc12. The molecule has 0 aliphatic rings. The smallest absolute Gasteiger partial charge is 0.260 e. The zero-order chi connectivity index (χ0) is 14.5. The highest BCUT2D eigenvalue weighted by atomic mass is 16.5. The normalized spacial score (nSPS) is 12.4. The minimum atomic E-state index is -0.500. The summed E-state index contributed by atoms with van der Waals surface area (Å²) < 4.78 is 5.81.